The van der Waals surface area contributed by atoms with Gasteiger partial charge < -0.3 is 15.7 Å². The van der Waals surface area contributed by atoms with Gasteiger partial charge in [-0.3, -0.25) is 9.48 Å². The largest absolute Gasteiger partial charge is 0.465 e. The minimum absolute atomic E-state index is 0.223. The lowest BCUT2D eigenvalue weighted by Crippen LogP contribution is -2.46. The van der Waals surface area contributed by atoms with Gasteiger partial charge in [0.25, 0.3) is 0 Å². The van der Waals surface area contributed by atoms with Crippen LogP contribution in [0.15, 0.2) is 12.4 Å². The van der Waals surface area contributed by atoms with Crippen LogP contribution in [0.2, 0.25) is 0 Å². The van der Waals surface area contributed by atoms with Crippen LogP contribution in [0.4, 0.5) is 4.79 Å². The smallest absolute Gasteiger partial charge is 0.405 e. The molecule has 7 nitrogen and oxygen atoms in total. The molecule has 0 bridgehead atoms. The van der Waals surface area contributed by atoms with Crippen molar-refractivity contribution in [2.45, 2.75) is 32.9 Å². The zero-order valence-electron chi connectivity index (χ0n) is 11.4. The monoisotopic (exact) mass is 268 g/mol. The summed E-state index contributed by atoms with van der Waals surface area (Å²) in [6, 6.07) is -0.728. The third-order valence-corrected chi connectivity index (χ3v) is 2.55. The van der Waals surface area contributed by atoms with E-state index < -0.39 is 12.1 Å². The molecular weight excluding hydrogens is 248 g/mol. The first-order valence-corrected chi connectivity index (χ1v) is 6.13. The van der Waals surface area contributed by atoms with E-state index in [1.165, 1.54) is 0 Å². The van der Waals surface area contributed by atoms with Crippen molar-refractivity contribution in [1.82, 2.24) is 20.4 Å². The molecular formula is C12H20N4O3. The molecule has 0 spiro atoms. The molecule has 0 aliphatic carbocycles. The van der Waals surface area contributed by atoms with Crippen molar-refractivity contribution in [2.75, 3.05) is 0 Å². The lowest BCUT2D eigenvalue weighted by atomic mass is 10.0. The van der Waals surface area contributed by atoms with Gasteiger partial charge in [-0.15, -0.1) is 0 Å². The van der Waals surface area contributed by atoms with Gasteiger partial charge in [0, 0.05) is 25.4 Å². The number of amides is 2. The number of carboxylic acid groups (broad SMARTS) is 1. The van der Waals surface area contributed by atoms with E-state index in [2.05, 4.69) is 15.7 Å². The van der Waals surface area contributed by atoms with Gasteiger partial charge in [-0.2, -0.15) is 5.10 Å². The third-order valence-electron chi connectivity index (χ3n) is 2.55. The second kappa shape index (κ2) is 6.77. The van der Waals surface area contributed by atoms with Crippen LogP contribution >= 0.6 is 0 Å². The fourth-order valence-electron chi connectivity index (χ4n) is 1.73. The zero-order valence-corrected chi connectivity index (χ0v) is 11.4. The second-order valence-corrected chi connectivity index (χ2v) is 4.87. The molecule has 106 valence electrons. The number of rotatable bonds is 6. The van der Waals surface area contributed by atoms with Gasteiger partial charge in [0.15, 0.2) is 0 Å². The summed E-state index contributed by atoms with van der Waals surface area (Å²) in [5.74, 6) is -0.0963. The van der Waals surface area contributed by atoms with Crippen LogP contribution in [-0.2, 0) is 18.4 Å². The summed E-state index contributed by atoms with van der Waals surface area (Å²) in [5.41, 5.74) is 0.870. The number of carbonyl (C=O) groups is 2. The van der Waals surface area contributed by atoms with Crippen LogP contribution in [0, 0.1) is 5.92 Å². The number of aromatic nitrogens is 2. The normalized spacial score (nSPS) is 12.2. The Balaban J connectivity index is 2.53. The number of hydrogen-bond acceptors (Lipinski definition) is 3. The minimum Gasteiger partial charge on any atom is -0.465 e. The van der Waals surface area contributed by atoms with Crippen LogP contribution in [-0.4, -0.2) is 32.9 Å². The van der Waals surface area contributed by atoms with E-state index in [0.717, 1.165) is 5.56 Å². The maximum absolute atomic E-state index is 11.9. The summed E-state index contributed by atoms with van der Waals surface area (Å²) >= 11 is 0. The maximum Gasteiger partial charge on any atom is 0.405 e. The number of aryl methyl sites for hydroxylation is 1. The highest BCUT2D eigenvalue weighted by Crippen LogP contribution is 2.05. The minimum atomic E-state index is -1.19. The average Bonchev–Trinajstić information content (AvgIpc) is 2.70. The molecule has 1 aromatic rings. The Morgan fingerprint density at radius 3 is 2.63 bits per heavy atom. The molecule has 0 radical (unpaired) electrons. The molecule has 0 aliphatic rings. The van der Waals surface area contributed by atoms with E-state index in [0.29, 0.717) is 13.0 Å². The van der Waals surface area contributed by atoms with Gasteiger partial charge in [-0.1, -0.05) is 13.8 Å². The quantitative estimate of drug-likeness (QED) is 0.708. The van der Waals surface area contributed by atoms with Crippen molar-refractivity contribution in [2.24, 2.45) is 13.0 Å². The highest BCUT2D eigenvalue weighted by atomic mass is 16.4. The molecule has 1 rings (SSSR count). The summed E-state index contributed by atoms with van der Waals surface area (Å²) in [6.45, 7) is 4.21. The predicted octanol–water partition coefficient (Wildman–Crippen LogP) is 0.719. The van der Waals surface area contributed by atoms with Crippen molar-refractivity contribution in [3.63, 3.8) is 0 Å². The molecule has 7 heteroatoms. The number of hydrogen-bond donors (Lipinski definition) is 3. The van der Waals surface area contributed by atoms with E-state index in [4.69, 9.17) is 5.11 Å². The SMILES string of the molecule is CC(C)C[C@H](NC(=O)O)C(=O)NCc1cnn(C)c1. The molecule has 0 saturated carbocycles. The van der Waals surface area contributed by atoms with Crippen molar-refractivity contribution in [1.29, 1.82) is 0 Å². The van der Waals surface area contributed by atoms with Gasteiger partial charge in [0.05, 0.1) is 6.20 Å². The third kappa shape index (κ3) is 5.41. The highest BCUT2D eigenvalue weighted by Gasteiger charge is 2.21. The van der Waals surface area contributed by atoms with Crippen molar-refractivity contribution >= 4 is 12.0 Å². The summed E-state index contributed by atoms with van der Waals surface area (Å²) < 4.78 is 1.64. The molecule has 0 fully saturated rings. The zero-order chi connectivity index (χ0) is 14.4. The fourth-order valence-corrected chi connectivity index (χ4v) is 1.73. The Kier molecular flexibility index (Phi) is 5.35. The first-order valence-electron chi connectivity index (χ1n) is 6.13. The van der Waals surface area contributed by atoms with E-state index in [9.17, 15) is 9.59 Å². The Bertz CT molecular complexity index is 442. The Labute approximate surface area is 112 Å². The Morgan fingerprint density at radius 1 is 1.47 bits per heavy atom. The first-order chi connectivity index (χ1) is 8.88. The molecule has 0 unspecified atom stereocenters. The number of nitrogens with one attached hydrogen (secondary N) is 2. The van der Waals surface area contributed by atoms with Gasteiger partial charge in [-0.25, -0.2) is 4.79 Å². The van der Waals surface area contributed by atoms with Crippen LogP contribution < -0.4 is 10.6 Å². The van der Waals surface area contributed by atoms with E-state index in [-0.39, 0.29) is 11.8 Å². The molecule has 3 N–H and O–H groups in total. The average molecular weight is 268 g/mol. The standard InChI is InChI=1S/C12H20N4O3/c1-8(2)4-10(15-12(18)19)11(17)13-5-9-6-14-16(3)7-9/h6-8,10,15H,4-5H2,1-3H3,(H,13,17)(H,18,19)/t10-/m0/s1. The van der Waals surface area contributed by atoms with Crippen LogP contribution in [0.3, 0.4) is 0 Å². The topological polar surface area (TPSA) is 96.2 Å². The Morgan fingerprint density at radius 2 is 2.16 bits per heavy atom. The lowest BCUT2D eigenvalue weighted by molar-refractivity contribution is -0.123. The van der Waals surface area contributed by atoms with Crippen LogP contribution in [0.5, 0.6) is 0 Å². The fraction of sp³-hybridized carbons (Fsp3) is 0.583. The molecule has 1 heterocycles. The number of nitrogens with zero attached hydrogens (tertiary/aromatic N) is 2. The van der Waals surface area contributed by atoms with E-state index in [1.807, 2.05) is 13.8 Å². The Hall–Kier alpha value is -2.05. The second-order valence-electron chi connectivity index (χ2n) is 4.87. The summed E-state index contributed by atoms with van der Waals surface area (Å²) in [7, 11) is 1.79. The molecule has 0 aliphatic heterocycles. The molecule has 2 amide bonds. The van der Waals surface area contributed by atoms with Gasteiger partial charge in [0.1, 0.15) is 6.04 Å². The van der Waals surface area contributed by atoms with Crippen molar-refractivity contribution in [3.05, 3.63) is 18.0 Å². The molecule has 0 aromatic carbocycles. The predicted molar refractivity (Wildman–Crippen MR) is 69.5 cm³/mol. The van der Waals surface area contributed by atoms with Gasteiger partial charge in [0.2, 0.25) is 5.91 Å². The molecule has 0 saturated heterocycles. The van der Waals surface area contributed by atoms with Gasteiger partial charge >= 0.3 is 6.09 Å². The summed E-state index contributed by atoms with van der Waals surface area (Å²) in [4.78, 5) is 22.6. The highest BCUT2D eigenvalue weighted by molar-refractivity contribution is 5.85. The van der Waals surface area contributed by atoms with E-state index >= 15 is 0 Å². The maximum atomic E-state index is 11.9. The summed E-state index contributed by atoms with van der Waals surface area (Å²) in [6.07, 6.45) is 2.72. The summed E-state index contributed by atoms with van der Waals surface area (Å²) in [5, 5.41) is 17.7. The first kappa shape index (κ1) is 15.0. The van der Waals surface area contributed by atoms with Crippen molar-refractivity contribution in [3.8, 4) is 0 Å². The van der Waals surface area contributed by atoms with E-state index in [1.54, 1.807) is 24.1 Å². The van der Waals surface area contributed by atoms with Crippen molar-refractivity contribution < 1.29 is 14.7 Å². The molecule has 1 aromatic heterocycles. The lowest BCUT2D eigenvalue weighted by Gasteiger charge is -2.18. The molecule has 1 atom stereocenters. The van der Waals surface area contributed by atoms with Gasteiger partial charge in [-0.05, 0) is 12.3 Å². The number of carbonyl (C=O) groups excluding carboxylic acids is 1. The van der Waals surface area contributed by atoms with Crippen LogP contribution in [0.1, 0.15) is 25.8 Å². The van der Waals surface area contributed by atoms with Crippen LogP contribution in [0.25, 0.3) is 0 Å². The molecule has 19 heavy (non-hydrogen) atoms.